The van der Waals surface area contributed by atoms with Crippen molar-refractivity contribution in [2.24, 2.45) is 0 Å². The molecule has 13 heavy (non-hydrogen) atoms. The number of ketones is 1. The molecule has 1 aliphatic rings. The minimum absolute atomic E-state index is 0.145. The molecule has 2 rings (SSSR count). The lowest BCUT2D eigenvalue weighted by atomic mass is 10.3. The van der Waals surface area contributed by atoms with Crippen LogP contribution in [0, 0.1) is 0 Å². The van der Waals surface area contributed by atoms with Crippen molar-refractivity contribution in [1.82, 2.24) is 0 Å². The van der Waals surface area contributed by atoms with E-state index in [-0.39, 0.29) is 5.78 Å². The molecule has 2 heterocycles. The summed E-state index contributed by atoms with van der Waals surface area (Å²) in [7, 11) is 0. The van der Waals surface area contributed by atoms with E-state index in [4.69, 9.17) is 0 Å². The van der Waals surface area contributed by atoms with Crippen molar-refractivity contribution in [3.8, 4) is 0 Å². The van der Waals surface area contributed by atoms with Crippen LogP contribution in [0.15, 0.2) is 27.8 Å². The molecule has 0 bridgehead atoms. The molecule has 1 aromatic heterocycles. The monoisotopic (exact) mass is 228 g/mol. The highest BCUT2D eigenvalue weighted by Crippen LogP contribution is 2.36. The van der Waals surface area contributed by atoms with Gasteiger partial charge >= 0.3 is 0 Å². The van der Waals surface area contributed by atoms with Gasteiger partial charge in [-0.1, -0.05) is 6.07 Å². The van der Waals surface area contributed by atoms with Crippen molar-refractivity contribution in [3.05, 3.63) is 32.7 Å². The van der Waals surface area contributed by atoms with Crippen LogP contribution in [0.5, 0.6) is 0 Å². The van der Waals surface area contributed by atoms with E-state index in [1.165, 1.54) is 15.6 Å². The van der Waals surface area contributed by atoms with Crippen molar-refractivity contribution < 1.29 is 4.79 Å². The fourth-order valence-corrected chi connectivity index (χ4v) is 3.93. The molecule has 0 unspecified atom stereocenters. The number of carbonyl (C=O) groups is 1. The third kappa shape index (κ3) is 2.39. The second-order valence-corrected chi connectivity index (χ2v) is 5.98. The average molecular weight is 228 g/mol. The Morgan fingerprint density at radius 1 is 1.38 bits per heavy atom. The van der Waals surface area contributed by atoms with Gasteiger partial charge in [0.1, 0.15) is 0 Å². The molecule has 1 aromatic rings. The van der Waals surface area contributed by atoms with Crippen LogP contribution in [-0.2, 0) is 0 Å². The molecule has 68 valence electrons. The number of thiophene rings is 1. The van der Waals surface area contributed by atoms with Gasteiger partial charge in [-0.05, 0) is 11.4 Å². The van der Waals surface area contributed by atoms with Crippen LogP contribution >= 0.6 is 34.9 Å². The highest BCUT2D eigenvalue weighted by molar-refractivity contribution is 8.25. The lowest BCUT2D eigenvalue weighted by molar-refractivity contribution is 0.105. The van der Waals surface area contributed by atoms with Gasteiger partial charge < -0.3 is 0 Å². The fourth-order valence-electron chi connectivity index (χ4n) is 1.01. The Kier molecular flexibility index (Phi) is 3.14. The van der Waals surface area contributed by atoms with Crippen molar-refractivity contribution >= 4 is 40.6 Å². The second kappa shape index (κ2) is 4.35. The molecule has 1 saturated heterocycles. The number of hydrogen-bond donors (Lipinski definition) is 0. The van der Waals surface area contributed by atoms with E-state index >= 15 is 0 Å². The van der Waals surface area contributed by atoms with Crippen molar-refractivity contribution in [2.75, 3.05) is 11.5 Å². The van der Waals surface area contributed by atoms with E-state index in [1.54, 1.807) is 29.6 Å². The molecule has 0 N–H and O–H groups in total. The zero-order chi connectivity index (χ0) is 9.10. The Hall–Kier alpha value is -0.190. The lowest BCUT2D eigenvalue weighted by Crippen LogP contribution is -1.89. The maximum absolute atomic E-state index is 11.6. The molecule has 0 saturated carbocycles. The highest BCUT2D eigenvalue weighted by Gasteiger charge is 2.11. The summed E-state index contributed by atoms with van der Waals surface area (Å²) in [6, 6.07) is 3.78. The number of allylic oxidation sites excluding steroid dienone is 1. The summed E-state index contributed by atoms with van der Waals surface area (Å²) in [5.74, 6) is 2.41. The first kappa shape index (κ1) is 9.37. The molecule has 0 aliphatic carbocycles. The summed E-state index contributed by atoms with van der Waals surface area (Å²) in [6.07, 6.45) is 1.76. The van der Waals surface area contributed by atoms with Gasteiger partial charge in [0.15, 0.2) is 5.78 Å². The van der Waals surface area contributed by atoms with Crippen LogP contribution < -0.4 is 0 Å². The summed E-state index contributed by atoms with van der Waals surface area (Å²) in [6.45, 7) is 0. The number of hydrogen-bond acceptors (Lipinski definition) is 4. The summed E-state index contributed by atoms with van der Waals surface area (Å²) in [5, 5.41) is 1.93. The Morgan fingerprint density at radius 3 is 2.77 bits per heavy atom. The molecule has 1 aliphatic heterocycles. The maximum Gasteiger partial charge on any atom is 0.197 e. The van der Waals surface area contributed by atoms with Crippen LogP contribution in [0.1, 0.15) is 9.67 Å². The van der Waals surface area contributed by atoms with Crippen LogP contribution in [0.4, 0.5) is 0 Å². The first-order valence-electron chi connectivity index (χ1n) is 3.91. The molecular weight excluding hydrogens is 220 g/mol. The minimum Gasteiger partial charge on any atom is -0.288 e. The largest absolute Gasteiger partial charge is 0.288 e. The smallest absolute Gasteiger partial charge is 0.197 e. The molecule has 1 fully saturated rings. The van der Waals surface area contributed by atoms with E-state index in [9.17, 15) is 4.79 Å². The minimum atomic E-state index is 0.145. The number of carbonyl (C=O) groups excluding carboxylic acids is 1. The summed E-state index contributed by atoms with van der Waals surface area (Å²) in [5.41, 5.74) is 0. The summed E-state index contributed by atoms with van der Waals surface area (Å²) >= 11 is 5.05. The van der Waals surface area contributed by atoms with Gasteiger partial charge in [0.25, 0.3) is 0 Å². The van der Waals surface area contributed by atoms with Gasteiger partial charge in [0, 0.05) is 21.8 Å². The van der Waals surface area contributed by atoms with Gasteiger partial charge in [-0.25, -0.2) is 0 Å². The quantitative estimate of drug-likeness (QED) is 0.571. The second-order valence-electron chi connectivity index (χ2n) is 2.50. The normalized spacial score (nSPS) is 16.2. The number of thioether (sulfide) groups is 2. The molecule has 0 aromatic carbocycles. The van der Waals surface area contributed by atoms with Crippen LogP contribution in [0.2, 0.25) is 0 Å². The predicted molar refractivity (Wildman–Crippen MR) is 61.6 cm³/mol. The SMILES string of the molecule is O=C(C=C1SCCS1)c1cccs1. The van der Waals surface area contributed by atoms with Gasteiger partial charge in [0.05, 0.1) is 4.88 Å². The third-order valence-electron chi connectivity index (χ3n) is 1.58. The predicted octanol–water partition coefficient (Wildman–Crippen LogP) is 3.25. The van der Waals surface area contributed by atoms with Gasteiger partial charge in [0.2, 0.25) is 0 Å². The van der Waals surface area contributed by atoms with Crippen LogP contribution in [0.25, 0.3) is 0 Å². The zero-order valence-corrected chi connectivity index (χ0v) is 9.31. The van der Waals surface area contributed by atoms with Gasteiger partial charge in [-0.2, -0.15) is 0 Å². The third-order valence-corrected chi connectivity index (χ3v) is 5.06. The standard InChI is InChI=1S/C9H8OS3/c10-7(8-2-1-3-11-8)6-9-12-4-5-13-9/h1-3,6H,4-5H2. The molecule has 0 amide bonds. The van der Waals surface area contributed by atoms with E-state index in [0.29, 0.717) is 0 Å². The highest BCUT2D eigenvalue weighted by atomic mass is 32.2. The van der Waals surface area contributed by atoms with Crippen LogP contribution in [0.3, 0.4) is 0 Å². The van der Waals surface area contributed by atoms with Crippen molar-refractivity contribution in [1.29, 1.82) is 0 Å². The molecular formula is C9H8OS3. The van der Waals surface area contributed by atoms with Gasteiger partial charge in [-0.3, -0.25) is 4.79 Å². The summed E-state index contributed by atoms with van der Waals surface area (Å²) in [4.78, 5) is 12.4. The van der Waals surface area contributed by atoms with Gasteiger partial charge in [-0.15, -0.1) is 34.9 Å². The molecule has 0 spiro atoms. The topological polar surface area (TPSA) is 17.1 Å². The molecule has 0 radical (unpaired) electrons. The lowest BCUT2D eigenvalue weighted by Gasteiger charge is -1.92. The first-order valence-corrected chi connectivity index (χ1v) is 6.76. The van der Waals surface area contributed by atoms with Crippen LogP contribution in [-0.4, -0.2) is 17.3 Å². The van der Waals surface area contributed by atoms with E-state index in [1.807, 2.05) is 17.5 Å². The Morgan fingerprint density at radius 2 is 2.15 bits per heavy atom. The van der Waals surface area contributed by atoms with Crippen molar-refractivity contribution in [3.63, 3.8) is 0 Å². The Bertz CT molecular complexity index is 319. The fraction of sp³-hybridized carbons (Fsp3) is 0.222. The maximum atomic E-state index is 11.6. The van der Waals surface area contributed by atoms with E-state index in [0.717, 1.165) is 16.4 Å². The molecule has 1 nitrogen and oxygen atoms in total. The average Bonchev–Trinajstić information content (AvgIpc) is 2.74. The Balaban J connectivity index is 2.10. The Labute approximate surface area is 89.6 Å². The summed E-state index contributed by atoms with van der Waals surface area (Å²) < 4.78 is 1.17. The molecule has 0 atom stereocenters. The first-order chi connectivity index (χ1) is 6.36. The van der Waals surface area contributed by atoms with E-state index < -0.39 is 0 Å². The van der Waals surface area contributed by atoms with E-state index in [2.05, 4.69) is 0 Å². The van der Waals surface area contributed by atoms with Crippen molar-refractivity contribution in [2.45, 2.75) is 0 Å². The zero-order valence-electron chi connectivity index (χ0n) is 6.86. The number of rotatable bonds is 2. The molecule has 4 heteroatoms.